The van der Waals surface area contributed by atoms with Crippen LogP contribution in [-0.4, -0.2) is 50.0 Å². The van der Waals surface area contributed by atoms with Gasteiger partial charge in [0.15, 0.2) is 0 Å². The molecule has 184 valence electrons. The average Bonchev–Trinajstić information content (AvgIpc) is 3.28. The van der Waals surface area contributed by atoms with Gasteiger partial charge in [-0.2, -0.15) is 0 Å². The molecule has 7 nitrogen and oxygen atoms in total. The van der Waals surface area contributed by atoms with Gasteiger partial charge in [0, 0.05) is 21.5 Å². The average molecular weight is 615 g/mol. The number of nitrogens with zero attached hydrogens (tertiary/aromatic N) is 2. The van der Waals surface area contributed by atoms with Crippen LogP contribution in [0.15, 0.2) is 57.5 Å². The first-order valence-electron chi connectivity index (χ1n) is 11.1. The van der Waals surface area contributed by atoms with Crippen LogP contribution in [0.4, 0.5) is 5.69 Å². The molecule has 0 radical (unpaired) electrons. The Hall–Kier alpha value is -1.91. The first-order valence-corrected chi connectivity index (χ1v) is 14.6. The van der Waals surface area contributed by atoms with Gasteiger partial charge in [0.25, 0.3) is 0 Å². The standard InChI is InChI=1S/C24H29Br2N3O4S/c1-17(24(31)27-21-8-3-4-9-21)28(15-18-6-5-7-20(26)14-18)23(30)16-29(34(2,32)33)22-12-10-19(25)11-13-22/h5-7,10-14,17,21H,3-4,8-9,15-16H2,1-2H3,(H,27,31). The number of nitrogens with one attached hydrogen (secondary N) is 1. The van der Waals surface area contributed by atoms with E-state index in [1.165, 1.54) is 4.90 Å². The van der Waals surface area contributed by atoms with E-state index in [2.05, 4.69) is 37.2 Å². The minimum Gasteiger partial charge on any atom is -0.352 e. The molecule has 2 amide bonds. The van der Waals surface area contributed by atoms with E-state index in [0.29, 0.717) is 5.69 Å². The number of anilines is 1. The van der Waals surface area contributed by atoms with Crippen LogP contribution in [0.2, 0.25) is 0 Å². The lowest BCUT2D eigenvalue weighted by atomic mass is 10.1. The molecule has 0 aromatic heterocycles. The maximum absolute atomic E-state index is 13.5. The van der Waals surface area contributed by atoms with Gasteiger partial charge in [0.1, 0.15) is 12.6 Å². The van der Waals surface area contributed by atoms with E-state index in [4.69, 9.17) is 0 Å². The highest BCUT2D eigenvalue weighted by atomic mass is 79.9. The number of hydrogen-bond acceptors (Lipinski definition) is 4. The van der Waals surface area contributed by atoms with E-state index in [1.54, 1.807) is 31.2 Å². The highest BCUT2D eigenvalue weighted by Crippen LogP contribution is 2.23. The third-order valence-electron chi connectivity index (χ3n) is 5.90. The van der Waals surface area contributed by atoms with Gasteiger partial charge in [0.2, 0.25) is 21.8 Å². The van der Waals surface area contributed by atoms with Gasteiger partial charge < -0.3 is 10.2 Å². The molecule has 0 saturated heterocycles. The topological polar surface area (TPSA) is 86.8 Å². The lowest BCUT2D eigenvalue weighted by molar-refractivity contribution is -0.139. The summed E-state index contributed by atoms with van der Waals surface area (Å²) < 4.78 is 27.9. The molecule has 1 aliphatic rings. The largest absolute Gasteiger partial charge is 0.352 e. The molecule has 10 heteroatoms. The predicted octanol–water partition coefficient (Wildman–Crippen LogP) is 4.45. The summed E-state index contributed by atoms with van der Waals surface area (Å²) in [5.74, 6) is -0.688. The fourth-order valence-electron chi connectivity index (χ4n) is 4.03. The van der Waals surface area contributed by atoms with Gasteiger partial charge in [-0.15, -0.1) is 0 Å². The van der Waals surface area contributed by atoms with Gasteiger partial charge in [0.05, 0.1) is 11.9 Å². The van der Waals surface area contributed by atoms with Crippen LogP contribution < -0.4 is 9.62 Å². The zero-order valence-electron chi connectivity index (χ0n) is 19.2. The van der Waals surface area contributed by atoms with Crippen molar-refractivity contribution in [3.8, 4) is 0 Å². The van der Waals surface area contributed by atoms with Crippen LogP contribution in [0, 0.1) is 0 Å². The fourth-order valence-corrected chi connectivity index (χ4v) is 5.59. The van der Waals surface area contributed by atoms with Crippen molar-refractivity contribution in [3.63, 3.8) is 0 Å². The number of sulfonamides is 1. The molecule has 1 fully saturated rings. The predicted molar refractivity (Wildman–Crippen MR) is 141 cm³/mol. The van der Waals surface area contributed by atoms with E-state index < -0.39 is 28.5 Å². The summed E-state index contributed by atoms with van der Waals surface area (Å²) in [4.78, 5) is 28.0. The van der Waals surface area contributed by atoms with Crippen LogP contribution in [0.25, 0.3) is 0 Å². The van der Waals surface area contributed by atoms with Crippen molar-refractivity contribution in [3.05, 3.63) is 63.0 Å². The van der Waals surface area contributed by atoms with E-state index in [1.807, 2.05) is 24.3 Å². The number of hydrogen-bond donors (Lipinski definition) is 1. The number of amides is 2. The third kappa shape index (κ3) is 7.29. The van der Waals surface area contributed by atoms with Crippen molar-refractivity contribution in [1.82, 2.24) is 10.2 Å². The monoisotopic (exact) mass is 613 g/mol. The van der Waals surface area contributed by atoms with E-state index >= 15 is 0 Å². The van der Waals surface area contributed by atoms with Crippen molar-refractivity contribution in [1.29, 1.82) is 0 Å². The SMILES string of the molecule is CC(C(=O)NC1CCCC1)N(Cc1cccc(Br)c1)C(=O)CN(c1ccc(Br)cc1)S(C)(=O)=O. The smallest absolute Gasteiger partial charge is 0.244 e. The van der Waals surface area contributed by atoms with E-state index in [0.717, 1.165) is 50.8 Å². The quantitative estimate of drug-likeness (QED) is 0.452. The highest BCUT2D eigenvalue weighted by molar-refractivity contribution is 9.10. The number of rotatable bonds is 9. The Bertz CT molecular complexity index is 1120. The Balaban J connectivity index is 1.87. The molecule has 2 aromatic rings. The molecule has 1 N–H and O–H groups in total. The molecule has 1 unspecified atom stereocenters. The zero-order chi connectivity index (χ0) is 24.9. The number of halogens is 2. The van der Waals surface area contributed by atoms with Crippen LogP contribution in [0.3, 0.4) is 0 Å². The molecule has 0 heterocycles. The molecule has 0 aliphatic heterocycles. The van der Waals surface area contributed by atoms with Crippen molar-refractivity contribution in [2.45, 2.75) is 51.2 Å². The normalized spacial score (nSPS) is 15.1. The summed E-state index contributed by atoms with van der Waals surface area (Å²) in [6.45, 7) is 1.45. The Labute approximate surface area is 218 Å². The lowest BCUT2D eigenvalue weighted by Gasteiger charge is -2.32. The summed E-state index contributed by atoms with van der Waals surface area (Å²) in [6.07, 6.45) is 5.09. The first kappa shape index (κ1) is 26.7. The Morgan fingerprint density at radius 2 is 1.71 bits per heavy atom. The lowest BCUT2D eigenvalue weighted by Crippen LogP contribution is -2.52. The molecule has 2 aromatic carbocycles. The molecule has 1 saturated carbocycles. The molecule has 1 atom stereocenters. The molecule has 3 rings (SSSR count). The van der Waals surface area contributed by atoms with Gasteiger partial charge in [-0.25, -0.2) is 8.42 Å². The van der Waals surface area contributed by atoms with Crippen molar-refractivity contribution < 1.29 is 18.0 Å². The number of carbonyl (C=O) groups excluding carboxylic acids is 2. The van der Waals surface area contributed by atoms with Crippen molar-refractivity contribution in [2.24, 2.45) is 0 Å². The maximum atomic E-state index is 13.5. The summed E-state index contributed by atoms with van der Waals surface area (Å²) in [6, 6.07) is 13.5. The van der Waals surface area contributed by atoms with Gasteiger partial charge >= 0.3 is 0 Å². The summed E-state index contributed by atoms with van der Waals surface area (Å²) in [5, 5.41) is 3.05. The zero-order valence-corrected chi connectivity index (χ0v) is 23.2. The molecule has 34 heavy (non-hydrogen) atoms. The second kappa shape index (κ2) is 11.7. The van der Waals surface area contributed by atoms with E-state index in [-0.39, 0.29) is 18.5 Å². The molecular weight excluding hydrogens is 586 g/mol. The summed E-state index contributed by atoms with van der Waals surface area (Å²) >= 11 is 6.78. The van der Waals surface area contributed by atoms with Gasteiger partial charge in [-0.1, -0.05) is 56.8 Å². The van der Waals surface area contributed by atoms with Crippen LogP contribution in [0.5, 0.6) is 0 Å². The third-order valence-corrected chi connectivity index (χ3v) is 8.07. The minimum absolute atomic E-state index is 0.119. The summed E-state index contributed by atoms with van der Waals surface area (Å²) in [7, 11) is -3.74. The molecule has 0 spiro atoms. The molecule has 1 aliphatic carbocycles. The maximum Gasteiger partial charge on any atom is 0.244 e. The first-order chi connectivity index (χ1) is 16.0. The highest BCUT2D eigenvalue weighted by Gasteiger charge is 2.31. The number of benzene rings is 2. The second-order valence-electron chi connectivity index (χ2n) is 8.56. The van der Waals surface area contributed by atoms with Gasteiger partial charge in [-0.05, 0) is 61.7 Å². The molecular formula is C24H29Br2N3O4S. The second-order valence-corrected chi connectivity index (χ2v) is 12.3. The van der Waals surface area contributed by atoms with Crippen molar-refractivity contribution in [2.75, 3.05) is 17.1 Å². The van der Waals surface area contributed by atoms with Gasteiger partial charge in [-0.3, -0.25) is 13.9 Å². The number of carbonyl (C=O) groups is 2. The Morgan fingerprint density at radius 3 is 2.29 bits per heavy atom. The van der Waals surface area contributed by atoms with Crippen LogP contribution >= 0.6 is 31.9 Å². The van der Waals surface area contributed by atoms with Crippen molar-refractivity contribution >= 4 is 59.4 Å². The Kier molecular flexibility index (Phi) is 9.17. The fraction of sp³-hybridized carbons (Fsp3) is 0.417. The summed E-state index contributed by atoms with van der Waals surface area (Å²) in [5.41, 5.74) is 1.21. The molecule has 0 bridgehead atoms. The van der Waals surface area contributed by atoms with Crippen LogP contribution in [-0.2, 0) is 26.2 Å². The van der Waals surface area contributed by atoms with E-state index in [9.17, 15) is 18.0 Å². The van der Waals surface area contributed by atoms with Crippen LogP contribution in [0.1, 0.15) is 38.2 Å². The minimum atomic E-state index is -3.74. The Morgan fingerprint density at radius 1 is 1.06 bits per heavy atom.